The molecular formula is C11H22N4O. The van der Waals surface area contributed by atoms with Crippen molar-refractivity contribution in [3.63, 3.8) is 0 Å². The summed E-state index contributed by atoms with van der Waals surface area (Å²) in [7, 11) is 3.79. The van der Waals surface area contributed by atoms with Crippen molar-refractivity contribution >= 4 is 11.5 Å². The molecule has 0 radical (unpaired) electrons. The van der Waals surface area contributed by atoms with E-state index in [9.17, 15) is 5.11 Å². The molecule has 92 valence electrons. The van der Waals surface area contributed by atoms with Crippen LogP contribution in [-0.2, 0) is 13.5 Å². The van der Waals surface area contributed by atoms with Crippen LogP contribution < -0.4 is 10.6 Å². The molecule has 0 atom stereocenters. The molecule has 5 nitrogen and oxygen atoms in total. The Balaban J connectivity index is 3.18. The maximum Gasteiger partial charge on any atom is 0.150 e. The summed E-state index contributed by atoms with van der Waals surface area (Å²) in [5, 5.41) is 13.7. The number of nitrogens with zero attached hydrogens (tertiary/aromatic N) is 3. The van der Waals surface area contributed by atoms with Crippen LogP contribution in [0.3, 0.4) is 0 Å². The number of aryl methyl sites for hydroxylation is 2. The fourth-order valence-corrected chi connectivity index (χ4v) is 1.64. The first-order valence-electron chi connectivity index (χ1n) is 5.51. The molecule has 0 aliphatic carbocycles. The van der Waals surface area contributed by atoms with Gasteiger partial charge in [0, 0.05) is 14.1 Å². The van der Waals surface area contributed by atoms with Crippen LogP contribution in [0.1, 0.15) is 26.5 Å². The van der Waals surface area contributed by atoms with Crippen molar-refractivity contribution in [2.24, 2.45) is 7.05 Å². The van der Waals surface area contributed by atoms with Crippen LogP contribution in [0.2, 0.25) is 0 Å². The minimum Gasteiger partial charge on any atom is -0.394 e. The molecule has 5 heteroatoms. The van der Waals surface area contributed by atoms with Crippen LogP contribution in [0, 0.1) is 0 Å². The molecule has 0 fully saturated rings. The van der Waals surface area contributed by atoms with Gasteiger partial charge in [-0.1, -0.05) is 6.92 Å². The van der Waals surface area contributed by atoms with Crippen LogP contribution >= 0.6 is 0 Å². The Morgan fingerprint density at radius 2 is 2.06 bits per heavy atom. The minimum atomic E-state index is -0.354. The van der Waals surface area contributed by atoms with Gasteiger partial charge < -0.3 is 15.7 Å². The fourth-order valence-electron chi connectivity index (χ4n) is 1.64. The van der Waals surface area contributed by atoms with Gasteiger partial charge in [-0.3, -0.25) is 4.68 Å². The van der Waals surface area contributed by atoms with E-state index in [1.165, 1.54) is 0 Å². The molecule has 0 unspecified atom stereocenters. The molecule has 0 aliphatic heterocycles. The first kappa shape index (κ1) is 12.8. The Bertz CT molecular complexity index is 370. The van der Waals surface area contributed by atoms with Crippen molar-refractivity contribution in [1.29, 1.82) is 0 Å². The quantitative estimate of drug-likeness (QED) is 0.796. The maximum absolute atomic E-state index is 9.36. The summed E-state index contributed by atoms with van der Waals surface area (Å²) < 4.78 is 1.77. The maximum atomic E-state index is 9.36. The molecule has 0 saturated carbocycles. The van der Waals surface area contributed by atoms with Crippen molar-refractivity contribution in [2.45, 2.75) is 32.7 Å². The molecule has 0 saturated heterocycles. The second-order valence-corrected chi connectivity index (χ2v) is 4.69. The molecule has 1 heterocycles. The molecule has 3 N–H and O–H groups in total. The zero-order chi connectivity index (χ0) is 12.5. The fraction of sp³-hybridized carbons (Fsp3) is 0.727. The molecule has 0 aliphatic rings. The summed E-state index contributed by atoms with van der Waals surface area (Å²) in [6.45, 7) is 6.02. The van der Waals surface area contributed by atoms with E-state index in [-0.39, 0.29) is 12.1 Å². The number of likely N-dealkylation sites (N-methyl/N-ethyl adjacent to an activating group) is 1. The Morgan fingerprint density at radius 1 is 1.50 bits per heavy atom. The second kappa shape index (κ2) is 4.33. The van der Waals surface area contributed by atoms with Crippen LogP contribution in [0.25, 0.3) is 0 Å². The third-order valence-electron chi connectivity index (χ3n) is 3.08. The smallest absolute Gasteiger partial charge is 0.150 e. The molecule has 0 spiro atoms. The third-order valence-corrected chi connectivity index (χ3v) is 3.08. The van der Waals surface area contributed by atoms with E-state index in [0.717, 1.165) is 17.9 Å². The Kier molecular flexibility index (Phi) is 3.48. The molecule has 1 aromatic rings. The van der Waals surface area contributed by atoms with Crippen molar-refractivity contribution in [3.8, 4) is 0 Å². The first-order valence-corrected chi connectivity index (χ1v) is 5.51. The highest BCUT2D eigenvalue weighted by Crippen LogP contribution is 2.30. The zero-order valence-electron chi connectivity index (χ0n) is 10.8. The van der Waals surface area contributed by atoms with E-state index in [4.69, 9.17) is 5.73 Å². The predicted octanol–water partition coefficient (Wildman–Crippen LogP) is 0.772. The predicted molar refractivity (Wildman–Crippen MR) is 66.6 cm³/mol. The molecule has 0 aromatic carbocycles. The SMILES string of the molecule is CCc1nn(C)c(N(C)C(C)(C)CO)c1N. The number of rotatable bonds is 4. The summed E-state index contributed by atoms with van der Waals surface area (Å²) in [6.07, 6.45) is 0.813. The van der Waals surface area contributed by atoms with Crippen molar-refractivity contribution < 1.29 is 5.11 Å². The van der Waals surface area contributed by atoms with Gasteiger partial charge in [0.2, 0.25) is 0 Å². The lowest BCUT2D eigenvalue weighted by Crippen LogP contribution is -2.45. The lowest BCUT2D eigenvalue weighted by molar-refractivity contribution is 0.215. The highest BCUT2D eigenvalue weighted by molar-refractivity contribution is 5.67. The first-order chi connectivity index (χ1) is 7.35. The number of aromatic nitrogens is 2. The summed E-state index contributed by atoms with van der Waals surface area (Å²) >= 11 is 0. The molecule has 0 amide bonds. The van der Waals surface area contributed by atoms with Gasteiger partial charge in [-0.05, 0) is 20.3 Å². The van der Waals surface area contributed by atoms with Gasteiger partial charge in [0.05, 0.1) is 23.5 Å². The Labute approximate surface area is 96.9 Å². The lowest BCUT2D eigenvalue weighted by Gasteiger charge is -2.35. The van der Waals surface area contributed by atoms with Crippen molar-refractivity contribution in [2.75, 3.05) is 24.3 Å². The Hall–Kier alpha value is -1.23. The lowest BCUT2D eigenvalue weighted by atomic mass is 10.1. The summed E-state index contributed by atoms with van der Waals surface area (Å²) in [4.78, 5) is 1.97. The standard InChI is InChI=1S/C11H22N4O/c1-6-8-9(12)10(15(5)13-8)14(4)11(2,3)7-16/h16H,6-7,12H2,1-5H3. The van der Waals surface area contributed by atoms with Crippen molar-refractivity contribution in [3.05, 3.63) is 5.69 Å². The van der Waals surface area contributed by atoms with Gasteiger partial charge in [-0.25, -0.2) is 0 Å². The molecule has 1 aromatic heterocycles. The number of aliphatic hydroxyl groups is 1. The number of nitrogen functional groups attached to an aromatic ring is 1. The second-order valence-electron chi connectivity index (χ2n) is 4.69. The number of anilines is 2. The normalized spacial score (nSPS) is 11.9. The number of hydrogen-bond acceptors (Lipinski definition) is 4. The van der Waals surface area contributed by atoms with E-state index in [1.54, 1.807) is 4.68 Å². The molecule has 1 rings (SSSR count). The molecule has 0 bridgehead atoms. The Morgan fingerprint density at radius 3 is 2.44 bits per heavy atom. The number of hydrogen-bond donors (Lipinski definition) is 2. The topological polar surface area (TPSA) is 67.3 Å². The van der Waals surface area contributed by atoms with Gasteiger partial charge in [0.15, 0.2) is 5.82 Å². The van der Waals surface area contributed by atoms with E-state index < -0.39 is 0 Å². The zero-order valence-corrected chi connectivity index (χ0v) is 10.8. The van der Waals surface area contributed by atoms with Crippen LogP contribution in [0.5, 0.6) is 0 Å². The monoisotopic (exact) mass is 226 g/mol. The van der Waals surface area contributed by atoms with E-state index >= 15 is 0 Å². The number of nitrogens with two attached hydrogens (primary N) is 1. The van der Waals surface area contributed by atoms with E-state index in [2.05, 4.69) is 5.10 Å². The van der Waals surface area contributed by atoms with Crippen LogP contribution in [0.15, 0.2) is 0 Å². The van der Waals surface area contributed by atoms with Gasteiger partial charge in [0.1, 0.15) is 0 Å². The largest absolute Gasteiger partial charge is 0.394 e. The third kappa shape index (κ3) is 2.00. The summed E-state index contributed by atoms with van der Waals surface area (Å²) in [5.74, 6) is 0.857. The van der Waals surface area contributed by atoms with E-state index in [1.807, 2.05) is 39.8 Å². The average Bonchev–Trinajstić information content (AvgIpc) is 2.52. The highest BCUT2D eigenvalue weighted by Gasteiger charge is 2.27. The molecule has 16 heavy (non-hydrogen) atoms. The van der Waals surface area contributed by atoms with Gasteiger partial charge >= 0.3 is 0 Å². The number of aliphatic hydroxyl groups excluding tert-OH is 1. The van der Waals surface area contributed by atoms with E-state index in [0.29, 0.717) is 5.69 Å². The summed E-state index contributed by atoms with van der Waals surface area (Å²) in [6, 6.07) is 0. The molecular weight excluding hydrogens is 204 g/mol. The summed E-state index contributed by atoms with van der Waals surface area (Å²) in [5.41, 5.74) is 7.31. The minimum absolute atomic E-state index is 0.0651. The van der Waals surface area contributed by atoms with Gasteiger partial charge in [0.25, 0.3) is 0 Å². The van der Waals surface area contributed by atoms with Crippen LogP contribution in [-0.4, -0.2) is 34.1 Å². The van der Waals surface area contributed by atoms with Crippen molar-refractivity contribution in [1.82, 2.24) is 9.78 Å². The highest BCUT2D eigenvalue weighted by atomic mass is 16.3. The van der Waals surface area contributed by atoms with Gasteiger partial charge in [-0.15, -0.1) is 0 Å². The van der Waals surface area contributed by atoms with Crippen LogP contribution in [0.4, 0.5) is 11.5 Å². The average molecular weight is 226 g/mol. The van der Waals surface area contributed by atoms with Gasteiger partial charge in [-0.2, -0.15) is 5.10 Å².